The molecule has 0 aliphatic carbocycles. The number of unbranched alkanes of at least 4 members (excludes halogenated alkanes) is 1. The summed E-state index contributed by atoms with van der Waals surface area (Å²) in [6.45, 7) is 4.22. The minimum absolute atomic E-state index is 0.0992. The van der Waals surface area contributed by atoms with Gasteiger partial charge in [0.2, 0.25) is 0 Å². The van der Waals surface area contributed by atoms with E-state index in [4.69, 9.17) is 5.41 Å². The highest BCUT2D eigenvalue weighted by molar-refractivity contribution is 9.10. The maximum Gasteiger partial charge on any atom is 0.260 e. The Labute approximate surface area is 169 Å². The van der Waals surface area contributed by atoms with Crippen LogP contribution in [0.25, 0.3) is 0 Å². The number of amidine groups is 1. The highest BCUT2D eigenvalue weighted by atomic mass is 79.9. The summed E-state index contributed by atoms with van der Waals surface area (Å²) in [6, 6.07) is 14.7. The Bertz CT molecular complexity index is 792. The summed E-state index contributed by atoms with van der Waals surface area (Å²) in [5.74, 6) is -0.377. The molecule has 144 valence electrons. The number of carbonyl (C=O) groups excluding carboxylic acids is 1. The molecular weight excluding hydrogens is 404 g/mol. The van der Waals surface area contributed by atoms with Crippen molar-refractivity contribution in [1.29, 1.82) is 5.41 Å². The van der Waals surface area contributed by atoms with Gasteiger partial charge in [-0.3, -0.25) is 10.2 Å². The molecule has 0 heterocycles. The number of phenols is 1. The van der Waals surface area contributed by atoms with Crippen molar-refractivity contribution in [2.45, 2.75) is 51.4 Å². The molecule has 27 heavy (non-hydrogen) atoms. The molecule has 0 saturated carbocycles. The van der Waals surface area contributed by atoms with E-state index in [0.717, 1.165) is 37.7 Å². The van der Waals surface area contributed by atoms with Crippen LogP contribution in [0.4, 0.5) is 0 Å². The summed E-state index contributed by atoms with van der Waals surface area (Å²) in [7, 11) is 0. The topological polar surface area (TPSA) is 73.2 Å². The van der Waals surface area contributed by atoms with Crippen LogP contribution in [-0.4, -0.2) is 16.8 Å². The molecular formula is C22H27BrN2O2. The Morgan fingerprint density at radius 2 is 1.81 bits per heavy atom. The molecule has 1 unspecified atom stereocenters. The van der Waals surface area contributed by atoms with E-state index in [1.807, 2.05) is 30.3 Å². The third kappa shape index (κ3) is 4.98. The van der Waals surface area contributed by atoms with Crippen LogP contribution in [0.2, 0.25) is 0 Å². The van der Waals surface area contributed by atoms with Crippen LogP contribution in [0.3, 0.4) is 0 Å². The summed E-state index contributed by atoms with van der Waals surface area (Å²) >= 11 is 3.32. The van der Waals surface area contributed by atoms with Crippen LogP contribution in [-0.2, 0) is 5.41 Å². The molecule has 0 fully saturated rings. The van der Waals surface area contributed by atoms with Crippen molar-refractivity contribution in [1.82, 2.24) is 5.32 Å². The predicted molar refractivity (Wildman–Crippen MR) is 114 cm³/mol. The molecule has 3 N–H and O–H groups in total. The molecule has 1 amide bonds. The van der Waals surface area contributed by atoms with Gasteiger partial charge in [0.25, 0.3) is 5.91 Å². The summed E-state index contributed by atoms with van der Waals surface area (Å²) in [5.41, 5.74) is 0.663. The van der Waals surface area contributed by atoms with E-state index in [9.17, 15) is 9.90 Å². The number of amides is 1. The number of hydrogen-bond acceptors (Lipinski definition) is 3. The van der Waals surface area contributed by atoms with Crippen molar-refractivity contribution >= 4 is 27.7 Å². The van der Waals surface area contributed by atoms with Crippen molar-refractivity contribution in [3.05, 3.63) is 64.1 Å². The average molecular weight is 431 g/mol. The average Bonchev–Trinajstić information content (AvgIpc) is 2.67. The Balaban J connectivity index is 2.38. The van der Waals surface area contributed by atoms with Crippen molar-refractivity contribution in [3.8, 4) is 5.75 Å². The van der Waals surface area contributed by atoms with Gasteiger partial charge < -0.3 is 10.4 Å². The molecule has 0 saturated heterocycles. The van der Waals surface area contributed by atoms with Crippen molar-refractivity contribution < 1.29 is 9.90 Å². The minimum atomic E-state index is -0.538. The number of nitrogens with one attached hydrogen (secondary N) is 2. The molecule has 0 bridgehead atoms. The quantitative estimate of drug-likeness (QED) is 0.366. The first-order valence-electron chi connectivity index (χ1n) is 9.39. The van der Waals surface area contributed by atoms with Gasteiger partial charge in [0.05, 0.1) is 11.0 Å². The maximum absolute atomic E-state index is 12.8. The smallest absolute Gasteiger partial charge is 0.260 e. The van der Waals surface area contributed by atoms with E-state index in [0.29, 0.717) is 4.47 Å². The van der Waals surface area contributed by atoms with Gasteiger partial charge >= 0.3 is 0 Å². The molecule has 2 aromatic rings. The van der Waals surface area contributed by atoms with Gasteiger partial charge in [-0.2, -0.15) is 0 Å². The van der Waals surface area contributed by atoms with Gasteiger partial charge in [-0.1, -0.05) is 79.4 Å². The van der Waals surface area contributed by atoms with E-state index in [1.54, 1.807) is 12.1 Å². The molecule has 0 aliphatic heterocycles. The highest BCUT2D eigenvalue weighted by Gasteiger charge is 2.36. The lowest BCUT2D eigenvalue weighted by Gasteiger charge is -2.35. The number of hydrogen-bond donors (Lipinski definition) is 3. The number of aromatic hydroxyl groups is 1. The fraction of sp³-hybridized carbons (Fsp3) is 0.364. The normalized spacial score (nSPS) is 13.0. The van der Waals surface area contributed by atoms with Crippen molar-refractivity contribution in [2.24, 2.45) is 0 Å². The zero-order chi connectivity index (χ0) is 19.9. The lowest BCUT2D eigenvalue weighted by Crippen LogP contribution is -2.46. The first-order chi connectivity index (χ1) is 12.9. The van der Waals surface area contributed by atoms with Gasteiger partial charge in [0.1, 0.15) is 11.6 Å². The second-order valence-electron chi connectivity index (χ2n) is 6.79. The molecule has 5 heteroatoms. The number of benzene rings is 2. The van der Waals surface area contributed by atoms with Gasteiger partial charge in [0, 0.05) is 4.47 Å². The second kappa shape index (κ2) is 9.70. The molecule has 1 atom stereocenters. The SMILES string of the molecule is CCCCC(CCC)(C(=N)NC(=O)c1cc(Br)ccc1O)c1ccccc1. The van der Waals surface area contributed by atoms with Crippen LogP contribution in [0, 0.1) is 5.41 Å². The first kappa shape index (κ1) is 21.2. The van der Waals surface area contributed by atoms with E-state index >= 15 is 0 Å². The van der Waals surface area contributed by atoms with Crippen LogP contribution in [0.5, 0.6) is 5.75 Å². The minimum Gasteiger partial charge on any atom is -0.507 e. The molecule has 0 aromatic heterocycles. The number of halogens is 1. The summed E-state index contributed by atoms with van der Waals surface area (Å²) in [4.78, 5) is 12.8. The monoisotopic (exact) mass is 430 g/mol. The Morgan fingerprint density at radius 3 is 2.44 bits per heavy atom. The van der Waals surface area contributed by atoms with E-state index < -0.39 is 11.3 Å². The Kier molecular flexibility index (Phi) is 7.60. The van der Waals surface area contributed by atoms with E-state index in [1.165, 1.54) is 6.07 Å². The fourth-order valence-corrected chi connectivity index (χ4v) is 3.82. The lowest BCUT2D eigenvalue weighted by molar-refractivity contribution is 0.0971. The van der Waals surface area contributed by atoms with Crippen LogP contribution >= 0.6 is 15.9 Å². The van der Waals surface area contributed by atoms with Crippen molar-refractivity contribution in [3.63, 3.8) is 0 Å². The van der Waals surface area contributed by atoms with E-state index in [2.05, 4.69) is 35.1 Å². The fourth-order valence-electron chi connectivity index (χ4n) is 3.46. The van der Waals surface area contributed by atoms with Gasteiger partial charge in [-0.05, 0) is 36.6 Å². The molecule has 4 nitrogen and oxygen atoms in total. The van der Waals surface area contributed by atoms with Crippen LogP contribution < -0.4 is 5.32 Å². The Morgan fingerprint density at radius 1 is 1.11 bits per heavy atom. The van der Waals surface area contributed by atoms with Gasteiger partial charge in [-0.15, -0.1) is 0 Å². The largest absolute Gasteiger partial charge is 0.507 e. The van der Waals surface area contributed by atoms with Gasteiger partial charge in [0.15, 0.2) is 0 Å². The number of phenolic OH excluding ortho intramolecular Hbond substituents is 1. The summed E-state index contributed by atoms with van der Waals surface area (Å²) < 4.78 is 0.700. The molecule has 0 radical (unpaired) electrons. The summed E-state index contributed by atoms with van der Waals surface area (Å²) in [5, 5.41) is 21.6. The summed E-state index contributed by atoms with van der Waals surface area (Å²) in [6.07, 6.45) is 4.46. The highest BCUT2D eigenvalue weighted by Crippen LogP contribution is 2.36. The molecule has 0 spiro atoms. The van der Waals surface area contributed by atoms with E-state index in [-0.39, 0.29) is 17.1 Å². The molecule has 0 aliphatic rings. The van der Waals surface area contributed by atoms with Crippen LogP contribution in [0.15, 0.2) is 53.0 Å². The van der Waals surface area contributed by atoms with Gasteiger partial charge in [-0.25, -0.2) is 0 Å². The maximum atomic E-state index is 12.8. The first-order valence-corrected chi connectivity index (χ1v) is 10.2. The van der Waals surface area contributed by atoms with Crippen LogP contribution in [0.1, 0.15) is 61.9 Å². The third-order valence-electron chi connectivity index (χ3n) is 4.88. The lowest BCUT2D eigenvalue weighted by atomic mass is 9.72. The molecule has 2 aromatic carbocycles. The predicted octanol–water partition coefficient (Wildman–Crippen LogP) is 5.79. The second-order valence-corrected chi connectivity index (χ2v) is 7.71. The Hall–Kier alpha value is -2.14. The van der Waals surface area contributed by atoms with Crippen molar-refractivity contribution in [2.75, 3.05) is 0 Å². The zero-order valence-electron chi connectivity index (χ0n) is 15.9. The standard InChI is InChI=1S/C22H27BrN2O2/c1-3-5-14-22(13-4-2,16-9-7-6-8-10-16)21(24)25-20(27)18-15-17(23)11-12-19(18)26/h6-12,15,26H,3-5,13-14H2,1-2H3,(H2,24,25,27). The zero-order valence-corrected chi connectivity index (χ0v) is 17.5. The third-order valence-corrected chi connectivity index (χ3v) is 5.37. The number of carbonyl (C=O) groups is 1. The molecule has 2 rings (SSSR count). The number of rotatable bonds is 8.